The highest BCUT2D eigenvalue weighted by Gasteiger charge is 2.39. The van der Waals surface area contributed by atoms with Crippen molar-refractivity contribution in [1.82, 2.24) is 0 Å². The van der Waals surface area contributed by atoms with Crippen LogP contribution in [0.5, 0.6) is 0 Å². The topological polar surface area (TPSA) is 3.24 Å². The van der Waals surface area contributed by atoms with Gasteiger partial charge in [-0.1, -0.05) is 31.2 Å². The molecule has 84 valence electrons. The lowest BCUT2D eigenvalue weighted by atomic mass is 10.1. The second-order valence-corrected chi connectivity index (χ2v) is 5.32. The zero-order chi connectivity index (χ0) is 11.1. The summed E-state index contributed by atoms with van der Waals surface area (Å²) in [7, 11) is 0. The molecule has 3 unspecified atom stereocenters. The van der Waals surface area contributed by atoms with Crippen molar-refractivity contribution in [3.63, 3.8) is 0 Å². The normalized spacial score (nSPS) is 32.8. The maximum Gasteiger partial charge on any atom is 0.0410 e. The fraction of sp³-hybridized carbons (Fsp3) is 0.467. The van der Waals surface area contributed by atoms with Crippen LogP contribution in [0.25, 0.3) is 0 Å². The maximum atomic E-state index is 2.54. The van der Waals surface area contributed by atoms with E-state index in [2.05, 4.69) is 55.2 Å². The first-order valence-electron chi connectivity index (χ1n) is 6.28. The van der Waals surface area contributed by atoms with E-state index in [4.69, 9.17) is 0 Å². The first-order valence-corrected chi connectivity index (χ1v) is 6.28. The van der Waals surface area contributed by atoms with E-state index in [0.717, 1.165) is 17.9 Å². The summed E-state index contributed by atoms with van der Waals surface area (Å²) in [5.74, 6) is 1.67. The van der Waals surface area contributed by atoms with Gasteiger partial charge in [0.2, 0.25) is 0 Å². The lowest BCUT2D eigenvalue weighted by Crippen LogP contribution is -2.30. The van der Waals surface area contributed by atoms with E-state index in [-0.39, 0.29) is 0 Å². The molecule has 0 N–H and O–H groups in total. The number of para-hydroxylation sites is 1. The highest BCUT2D eigenvalue weighted by atomic mass is 15.2. The molecule has 1 saturated carbocycles. The molecule has 1 aromatic rings. The summed E-state index contributed by atoms with van der Waals surface area (Å²) in [6, 6.07) is 11.5. The summed E-state index contributed by atoms with van der Waals surface area (Å²) in [6.07, 6.45) is 5.18. The molecule has 16 heavy (non-hydrogen) atoms. The summed E-state index contributed by atoms with van der Waals surface area (Å²) in [4.78, 5) is 2.54. The Labute approximate surface area is 97.8 Å². The Morgan fingerprint density at radius 1 is 1.12 bits per heavy atom. The van der Waals surface area contributed by atoms with Gasteiger partial charge in [0.05, 0.1) is 0 Å². The third-order valence-electron chi connectivity index (χ3n) is 4.01. The largest absolute Gasteiger partial charge is 0.342 e. The van der Waals surface area contributed by atoms with Crippen LogP contribution >= 0.6 is 0 Å². The summed E-state index contributed by atoms with van der Waals surface area (Å²) >= 11 is 0. The fourth-order valence-electron chi connectivity index (χ4n) is 3.42. The molecule has 1 aliphatic heterocycles. The highest BCUT2D eigenvalue weighted by Crippen LogP contribution is 2.43. The second kappa shape index (κ2) is 3.65. The number of allylic oxidation sites excluding steroid dienone is 1. The van der Waals surface area contributed by atoms with Crippen LogP contribution in [0, 0.1) is 11.8 Å². The third kappa shape index (κ3) is 1.46. The molecule has 0 spiro atoms. The molecule has 0 saturated heterocycles. The van der Waals surface area contributed by atoms with E-state index >= 15 is 0 Å². The van der Waals surface area contributed by atoms with Crippen LogP contribution in [0.3, 0.4) is 0 Å². The zero-order valence-corrected chi connectivity index (χ0v) is 10.1. The van der Waals surface area contributed by atoms with Crippen LogP contribution in [-0.2, 0) is 0 Å². The van der Waals surface area contributed by atoms with Crippen LogP contribution in [0.1, 0.15) is 26.7 Å². The maximum absolute atomic E-state index is 2.54. The Morgan fingerprint density at radius 2 is 1.88 bits per heavy atom. The quantitative estimate of drug-likeness (QED) is 0.685. The molecule has 0 bridgehead atoms. The molecular formula is C15H19N. The van der Waals surface area contributed by atoms with Crippen LogP contribution in [-0.4, -0.2) is 6.04 Å². The molecule has 1 aliphatic carbocycles. The van der Waals surface area contributed by atoms with Gasteiger partial charge in [-0.15, -0.1) is 0 Å². The second-order valence-electron chi connectivity index (χ2n) is 5.32. The van der Waals surface area contributed by atoms with Gasteiger partial charge in [0.15, 0.2) is 0 Å². The summed E-state index contributed by atoms with van der Waals surface area (Å²) in [5, 5.41) is 0. The average Bonchev–Trinajstić information content (AvgIpc) is 2.74. The minimum absolute atomic E-state index is 0.720. The number of rotatable bonds is 1. The Hall–Kier alpha value is -1.24. The van der Waals surface area contributed by atoms with Crippen molar-refractivity contribution in [1.29, 1.82) is 0 Å². The predicted molar refractivity (Wildman–Crippen MR) is 68.4 cm³/mol. The summed E-state index contributed by atoms with van der Waals surface area (Å²) in [6.45, 7) is 4.63. The number of anilines is 1. The van der Waals surface area contributed by atoms with E-state index in [0.29, 0.717) is 0 Å². The first kappa shape index (κ1) is 9.95. The Bertz CT molecular complexity index is 407. The molecule has 3 rings (SSSR count). The SMILES string of the molecule is CC1=CC2CC(C)CC2N1c1ccccc1. The van der Waals surface area contributed by atoms with Gasteiger partial charge >= 0.3 is 0 Å². The van der Waals surface area contributed by atoms with E-state index in [1.165, 1.54) is 24.2 Å². The van der Waals surface area contributed by atoms with Gasteiger partial charge in [0.1, 0.15) is 0 Å². The number of fused-ring (bicyclic) bond motifs is 1. The lowest BCUT2D eigenvalue weighted by Gasteiger charge is -2.28. The molecule has 1 aromatic carbocycles. The van der Waals surface area contributed by atoms with Crippen molar-refractivity contribution < 1.29 is 0 Å². The van der Waals surface area contributed by atoms with Crippen molar-refractivity contribution in [3.05, 3.63) is 42.1 Å². The van der Waals surface area contributed by atoms with Gasteiger partial charge in [-0.3, -0.25) is 0 Å². The van der Waals surface area contributed by atoms with Gasteiger partial charge in [-0.05, 0) is 43.7 Å². The molecule has 3 atom stereocenters. The van der Waals surface area contributed by atoms with Crippen LogP contribution in [0.4, 0.5) is 5.69 Å². The smallest absolute Gasteiger partial charge is 0.0410 e. The van der Waals surface area contributed by atoms with Gasteiger partial charge in [0.25, 0.3) is 0 Å². The molecule has 1 heterocycles. The number of benzene rings is 1. The Kier molecular flexibility index (Phi) is 2.27. The zero-order valence-electron chi connectivity index (χ0n) is 10.1. The number of hydrogen-bond acceptors (Lipinski definition) is 1. The minimum atomic E-state index is 0.720. The molecule has 2 aliphatic rings. The molecule has 1 nitrogen and oxygen atoms in total. The minimum Gasteiger partial charge on any atom is -0.342 e. The molecule has 0 aromatic heterocycles. The summed E-state index contributed by atoms with van der Waals surface area (Å²) < 4.78 is 0. The van der Waals surface area contributed by atoms with Crippen molar-refractivity contribution in [3.8, 4) is 0 Å². The van der Waals surface area contributed by atoms with Crippen LogP contribution in [0.2, 0.25) is 0 Å². The van der Waals surface area contributed by atoms with Crippen molar-refractivity contribution in [2.45, 2.75) is 32.7 Å². The standard InChI is InChI=1S/C15H19N/c1-11-8-13-10-12(2)16(15(13)9-11)14-6-4-3-5-7-14/h3-7,10-11,13,15H,8-9H2,1-2H3. The van der Waals surface area contributed by atoms with Gasteiger partial charge in [-0.25, -0.2) is 0 Å². The van der Waals surface area contributed by atoms with Gasteiger partial charge in [0, 0.05) is 17.4 Å². The van der Waals surface area contributed by atoms with Crippen molar-refractivity contribution in [2.75, 3.05) is 4.90 Å². The van der Waals surface area contributed by atoms with E-state index in [1.54, 1.807) is 0 Å². The van der Waals surface area contributed by atoms with Crippen molar-refractivity contribution >= 4 is 5.69 Å². The van der Waals surface area contributed by atoms with E-state index < -0.39 is 0 Å². The van der Waals surface area contributed by atoms with Gasteiger partial charge < -0.3 is 4.90 Å². The van der Waals surface area contributed by atoms with Gasteiger partial charge in [-0.2, -0.15) is 0 Å². The molecule has 1 fully saturated rings. The predicted octanol–water partition coefficient (Wildman–Crippen LogP) is 3.83. The average molecular weight is 213 g/mol. The monoisotopic (exact) mass is 213 g/mol. The summed E-state index contributed by atoms with van der Waals surface area (Å²) in [5.41, 5.74) is 2.80. The van der Waals surface area contributed by atoms with Crippen LogP contribution < -0.4 is 4.90 Å². The van der Waals surface area contributed by atoms with E-state index in [9.17, 15) is 0 Å². The number of hydrogen-bond donors (Lipinski definition) is 0. The number of nitrogens with zero attached hydrogens (tertiary/aromatic N) is 1. The molecular weight excluding hydrogens is 194 g/mol. The molecule has 0 amide bonds. The molecule has 0 radical (unpaired) electrons. The Balaban J connectivity index is 1.94. The Morgan fingerprint density at radius 3 is 2.62 bits per heavy atom. The van der Waals surface area contributed by atoms with Crippen LogP contribution in [0.15, 0.2) is 42.1 Å². The lowest BCUT2D eigenvalue weighted by molar-refractivity contribution is 0.583. The first-order chi connectivity index (χ1) is 7.75. The van der Waals surface area contributed by atoms with E-state index in [1.807, 2.05) is 0 Å². The van der Waals surface area contributed by atoms with Crippen molar-refractivity contribution in [2.24, 2.45) is 11.8 Å². The highest BCUT2D eigenvalue weighted by molar-refractivity contribution is 5.55. The molecule has 1 heteroatoms. The fourth-order valence-corrected chi connectivity index (χ4v) is 3.42. The third-order valence-corrected chi connectivity index (χ3v) is 4.01.